The predicted octanol–water partition coefficient (Wildman–Crippen LogP) is 3.25. The van der Waals surface area contributed by atoms with Crippen molar-refractivity contribution in [1.82, 2.24) is 15.0 Å². The first kappa shape index (κ1) is 10.1. The smallest absolute Gasteiger partial charge is 0.116 e. The molecule has 0 spiro atoms. The van der Waals surface area contributed by atoms with E-state index in [0.717, 1.165) is 11.0 Å². The van der Waals surface area contributed by atoms with Crippen LogP contribution in [0, 0.1) is 0 Å². The van der Waals surface area contributed by atoms with Crippen molar-refractivity contribution in [2.24, 2.45) is 0 Å². The standard InChI is InChI=1S/C12H17N3/c1-3-5-9(4-2)10-6-14-11-7-13-8-15-12(10)11/h6-9,14H,3-5H2,1-2H3. The van der Waals surface area contributed by atoms with E-state index in [2.05, 4.69) is 35.0 Å². The Morgan fingerprint density at radius 3 is 3.00 bits per heavy atom. The van der Waals surface area contributed by atoms with E-state index in [1.165, 1.54) is 24.8 Å². The highest BCUT2D eigenvalue weighted by atomic mass is 14.9. The summed E-state index contributed by atoms with van der Waals surface area (Å²) in [7, 11) is 0. The highest BCUT2D eigenvalue weighted by Gasteiger charge is 2.13. The highest BCUT2D eigenvalue weighted by molar-refractivity contribution is 5.78. The van der Waals surface area contributed by atoms with E-state index in [1.54, 1.807) is 6.33 Å². The molecule has 3 nitrogen and oxygen atoms in total. The summed E-state index contributed by atoms with van der Waals surface area (Å²) in [4.78, 5) is 11.6. The molecule has 0 amide bonds. The number of nitrogens with one attached hydrogen (secondary N) is 1. The summed E-state index contributed by atoms with van der Waals surface area (Å²) in [5.41, 5.74) is 3.48. The van der Waals surface area contributed by atoms with E-state index < -0.39 is 0 Å². The number of rotatable bonds is 4. The zero-order chi connectivity index (χ0) is 10.7. The van der Waals surface area contributed by atoms with Gasteiger partial charge in [-0.1, -0.05) is 20.3 Å². The van der Waals surface area contributed by atoms with Crippen molar-refractivity contribution < 1.29 is 0 Å². The van der Waals surface area contributed by atoms with Crippen LogP contribution in [-0.4, -0.2) is 15.0 Å². The molecule has 80 valence electrons. The van der Waals surface area contributed by atoms with Crippen LogP contribution in [-0.2, 0) is 0 Å². The first-order valence-corrected chi connectivity index (χ1v) is 5.63. The largest absolute Gasteiger partial charge is 0.358 e. The van der Waals surface area contributed by atoms with Crippen molar-refractivity contribution in [2.75, 3.05) is 0 Å². The molecule has 2 heterocycles. The van der Waals surface area contributed by atoms with Gasteiger partial charge in [-0.3, -0.25) is 0 Å². The molecule has 3 heteroatoms. The molecule has 1 N–H and O–H groups in total. The molecule has 0 aliphatic heterocycles. The van der Waals surface area contributed by atoms with Crippen molar-refractivity contribution in [3.05, 3.63) is 24.3 Å². The van der Waals surface area contributed by atoms with Crippen LogP contribution in [0.25, 0.3) is 11.0 Å². The summed E-state index contributed by atoms with van der Waals surface area (Å²) in [6.07, 6.45) is 9.17. The Kier molecular flexibility index (Phi) is 2.99. The monoisotopic (exact) mass is 203 g/mol. The van der Waals surface area contributed by atoms with E-state index in [1.807, 2.05) is 6.20 Å². The molecule has 0 saturated carbocycles. The molecule has 0 aromatic carbocycles. The van der Waals surface area contributed by atoms with Crippen molar-refractivity contribution in [2.45, 2.75) is 39.0 Å². The average Bonchev–Trinajstić information content (AvgIpc) is 2.70. The van der Waals surface area contributed by atoms with Gasteiger partial charge in [-0.25, -0.2) is 9.97 Å². The molecule has 2 aromatic rings. The van der Waals surface area contributed by atoms with Gasteiger partial charge in [-0.05, 0) is 24.3 Å². The third kappa shape index (κ3) is 1.87. The van der Waals surface area contributed by atoms with Gasteiger partial charge < -0.3 is 4.98 Å². The molecular formula is C12H17N3. The molecule has 0 bridgehead atoms. The minimum atomic E-state index is 0.624. The third-order valence-corrected chi connectivity index (χ3v) is 2.94. The van der Waals surface area contributed by atoms with Crippen LogP contribution in [0.5, 0.6) is 0 Å². The van der Waals surface area contributed by atoms with Gasteiger partial charge in [0.15, 0.2) is 0 Å². The summed E-state index contributed by atoms with van der Waals surface area (Å²) in [6, 6.07) is 0. The fourth-order valence-corrected chi connectivity index (χ4v) is 2.13. The first-order valence-electron chi connectivity index (χ1n) is 5.63. The van der Waals surface area contributed by atoms with Crippen LogP contribution in [0.2, 0.25) is 0 Å². The van der Waals surface area contributed by atoms with Gasteiger partial charge in [0, 0.05) is 6.20 Å². The number of nitrogens with zero attached hydrogens (tertiary/aromatic N) is 2. The minimum absolute atomic E-state index is 0.624. The molecule has 0 radical (unpaired) electrons. The summed E-state index contributed by atoms with van der Waals surface area (Å²) in [6.45, 7) is 4.47. The normalized spacial score (nSPS) is 13.2. The van der Waals surface area contributed by atoms with Gasteiger partial charge in [0.2, 0.25) is 0 Å². The Balaban J connectivity index is 2.41. The number of aromatic nitrogens is 3. The number of aromatic amines is 1. The molecule has 0 aliphatic carbocycles. The molecule has 0 aliphatic rings. The maximum absolute atomic E-state index is 4.35. The lowest BCUT2D eigenvalue weighted by Crippen LogP contribution is -1.96. The molecule has 1 unspecified atom stereocenters. The van der Waals surface area contributed by atoms with Crippen LogP contribution in [0.4, 0.5) is 0 Å². The second-order valence-electron chi connectivity index (χ2n) is 3.92. The molecule has 2 aromatic heterocycles. The van der Waals surface area contributed by atoms with Crippen molar-refractivity contribution in [3.63, 3.8) is 0 Å². The fraction of sp³-hybridized carbons (Fsp3) is 0.500. The van der Waals surface area contributed by atoms with Gasteiger partial charge in [0.25, 0.3) is 0 Å². The van der Waals surface area contributed by atoms with Gasteiger partial charge in [-0.2, -0.15) is 0 Å². The van der Waals surface area contributed by atoms with E-state index >= 15 is 0 Å². The molecule has 0 saturated heterocycles. The Morgan fingerprint density at radius 1 is 1.40 bits per heavy atom. The maximum Gasteiger partial charge on any atom is 0.116 e. The average molecular weight is 203 g/mol. The van der Waals surface area contributed by atoms with Gasteiger partial charge in [-0.15, -0.1) is 0 Å². The third-order valence-electron chi connectivity index (χ3n) is 2.94. The molecule has 2 rings (SSSR count). The zero-order valence-corrected chi connectivity index (χ0v) is 9.33. The van der Waals surface area contributed by atoms with Crippen molar-refractivity contribution in [1.29, 1.82) is 0 Å². The van der Waals surface area contributed by atoms with Gasteiger partial charge in [0.05, 0.1) is 17.2 Å². The number of fused-ring (bicyclic) bond motifs is 1. The zero-order valence-electron chi connectivity index (χ0n) is 9.33. The Morgan fingerprint density at radius 2 is 2.27 bits per heavy atom. The number of hydrogen-bond donors (Lipinski definition) is 1. The lowest BCUT2D eigenvalue weighted by Gasteiger charge is -2.11. The van der Waals surface area contributed by atoms with Crippen LogP contribution in [0.3, 0.4) is 0 Å². The Labute approximate surface area is 90.0 Å². The van der Waals surface area contributed by atoms with Crippen LogP contribution >= 0.6 is 0 Å². The maximum atomic E-state index is 4.35. The minimum Gasteiger partial charge on any atom is -0.358 e. The summed E-state index contributed by atoms with van der Waals surface area (Å²) in [5, 5.41) is 0. The second kappa shape index (κ2) is 4.43. The topological polar surface area (TPSA) is 41.6 Å². The van der Waals surface area contributed by atoms with Crippen LogP contribution in [0.1, 0.15) is 44.6 Å². The molecule has 1 atom stereocenters. The van der Waals surface area contributed by atoms with Crippen molar-refractivity contribution >= 4 is 11.0 Å². The Bertz CT molecular complexity index is 433. The van der Waals surface area contributed by atoms with E-state index in [9.17, 15) is 0 Å². The SMILES string of the molecule is CCCC(CC)c1c[nH]c2cncnc12. The molecule has 0 fully saturated rings. The summed E-state index contributed by atoms with van der Waals surface area (Å²) < 4.78 is 0. The highest BCUT2D eigenvalue weighted by Crippen LogP contribution is 2.29. The van der Waals surface area contributed by atoms with E-state index in [0.29, 0.717) is 5.92 Å². The van der Waals surface area contributed by atoms with Gasteiger partial charge in [0.1, 0.15) is 6.33 Å². The Hall–Kier alpha value is -1.38. The van der Waals surface area contributed by atoms with Crippen LogP contribution in [0.15, 0.2) is 18.7 Å². The summed E-state index contributed by atoms with van der Waals surface area (Å²) in [5.74, 6) is 0.624. The van der Waals surface area contributed by atoms with Gasteiger partial charge >= 0.3 is 0 Å². The lowest BCUT2D eigenvalue weighted by atomic mass is 9.93. The quantitative estimate of drug-likeness (QED) is 0.828. The van der Waals surface area contributed by atoms with E-state index in [-0.39, 0.29) is 0 Å². The molecule has 15 heavy (non-hydrogen) atoms. The van der Waals surface area contributed by atoms with E-state index in [4.69, 9.17) is 0 Å². The van der Waals surface area contributed by atoms with Crippen molar-refractivity contribution in [3.8, 4) is 0 Å². The molecular weight excluding hydrogens is 186 g/mol. The first-order chi connectivity index (χ1) is 7.36. The second-order valence-corrected chi connectivity index (χ2v) is 3.92. The number of hydrogen-bond acceptors (Lipinski definition) is 2. The number of H-pyrrole nitrogens is 1. The predicted molar refractivity (Wildman–Crippen MR) is 61.8 cm³/mol. The lowest BCUT2D eigenvalue weighted by molar-refractivity contribution is 0.599. The van der Waals surface area contributed by atoms with Crippen LogP contribution < -0.4 is 0 Å². The fourth-order valence-electron chi connectivity index (χ4n) is 2.13. The summed E-state index contributed by atoms with van der Waals surface area (Å²) >= 11 is 0.